The van der Waals surface area contributed by atoms with E-state index in [0.717, 1.165) is 11.4 Å². The van der Waals surface area contributed by atoms with Gasteiger partial charge in [-0.15, -0.1) is 11.3 Å². The van der Waals surface area contributed by atoms with E-state index in [-0.39, 0.29) is 0 Å². The first-order chi connectivity index (χ1) is 28.3. The van der Waals surface area contributed by atoms with E-state index in [0.29, 0.717) is 0 Å². The molecular formula is C55H37NS. The molecule has 0 radical (unpaired) electrons. The van der Waals surface area contributed by atoms with Crippen LogP contribution in [0.15, 0.2) is 224 Å². The molecule has 0 N–H and O–H groups in total. The number of hydrogen-bond acceptors (Lipinski definition) is 2. The second-order valence-electron chi connectivity index (χ2n) is 14.8. The standard InChI is InChI=1S/C55H37NS/c1-4-17-38(18-5-1)40-33-35-43(36-34-40)56(44-24-14-21-41(37-44)39-19-6-2-7-20-39)52-32-16-28-48-47-27-15-31-51(53(47)57-54(48)52)55(42-22-8-3-9-23-42)49-29-12-10-25-45(49)46-26-11-13-30-50(46)55/h1-37H. The fourth-order valence-corrected chi connectivity index (χ4v) is 10.6. The van der Waals surface area contributed by atoms with Crippen molar-refractivity contribution in [3.8, 4) is 33.4 Å². The molecule has 1 heterocycles. The Labute approximate surface area is 337 Å². The quantitative estimate of drug-likeness (QED) is 0.157. The van der Waals surface area contributed by atoms with Crippen LogP contribution in [0.3, 0.4) is 0 Å². The Morgan fingerprint density at radius 2 is 0.825 bits per heavy atom. The summed E-state index contributed by atoms with van der Waals surface area (Å²) in [5, 5.41) is 2.55. The molecule has 0 fully saturated rings. The van der Waals surface area contributed by atoms with E-state index in [2.05, 4.69) is 229 Å². The van der Waals surface area contributed by atoms with Crippen LogP contribution < -0.4 is 4.90 Å². The van der Waals surface area contributed by atoms with Crippen LogP contribution in [0.25, 0.3) is 53.6 Å². The van der Waals surface area contributed by atoms with Gasteiger partial charge in [0.05, 0.1) is 15.8 Å². The summed E-state index contributed by atoms with van der Waals surface area (Å²) in [5.74, 6) is 0. The molecule has 1 nitrogen and oxygen atoms in total. The molecule has 1 aromatic heterocycles. The van der Waals surface area contributed by atoms with Crippen molar-refractivity contribution in [3.05, 3.63) is 247 Å². The average molecular weight is 744 g/mol. The molecule has 10 aromatic rings. The molecule has 1 aliphatic carbocycles. The number of benzene rings is 9. The summed E-state index contributed by atoms with van der Waals surface area (Å²) >= 11 is 1.92. The van der Waals surface area contributed by atoms with Crippen LogP contribution in [0.2, 0.25) is 0 Å². The molecular weight excluding hydrogens is 707 g/mol. The molecule has 0 bridgehead atoms. The van der Waals surface area contributed by atoms with E-state index < -0.39 is 5.41 Å². The van der Waals surface area contributed by atoms with Crippen molar-refractivity contribution in [1.82, 2.24) is 0 Å². The summed E-state index contributed by atoms with van der Waals surface area (Å²) in [6, 6.07) is 82.3. The minimum absolute atomic E-state index is 0.480. The highest BCUT2D eigenvalue weighted by Crippen LogP contribution is 2.58. The highest BCUT2D eigenvalue weighted by molar-refractivity contribution is 7.26. The predicted molar refractivity (Wildman–Crippen MR) is 242 cm³/mol. The Morgan fingerprint density at radius 3 is 1.49 bits per heavy atom. The molecule has 0 saturated carbocycles. The van der Waals surface area contributed by atoms with E-state index in [1.807, 2.05) is 11.3 Å². The molecule has 1 aliphatic rings. The monoisotopic (exact) mass is 743 g/mol. The van der Waals surface area contributed by atoms with Crippen LogP contribution in [-0.4, -0.2) is 0 Å². The van der Waals surface area contributed by atoms with Crippen molar-refractivity contribution in [2.24, 2.45) is 0 Å². The van der Waals surface area contributed by atoms with Gasteiger partial charge in [0, 0.05) is 26.8 Å². The van der Waals surface area contributed by atoms with Gasteiger partial charge in [-0.2, -0.15) is 0 Å². The van der Waals surface area contributed by atoms with Gasteiger partial charge < -0.3 is 4.90 Å². The number of nitrogens with zero attached hydrogens (tertiary/aromatic N) is 1. The molecule has 0 unspecified atom stereocenters. The maximum Gasteiger partial charge on any atom is 0.0727 e. The number of fused-ring (bicyclic) bond motifs is 6. The molecule has 0 aliphatic heterocycles. The lowest BCUT2D eigenvalue weighted by Crippen LogP contribution is -2.28. The fraction of sp³-hybridized carbons (Fsp3) is 0.0182. The van der Waals surface area contributed by atoms with Crippen LogP contribution in [0.4, 0.5) is 17.1 Å². The van der Waals surface area contributed by atoms with E-state index in [9.17, 15) is 0 Å². The second kappa shape index (κ2) is 13.6. The van der Waals surface area contributed by atoms with Gasteiger partial charge in [0.2, 0.25) is 0 Å². The Kier molecular flexibility index (Phi) is 7.98. The van der Waals surface area contributed by atoms with Gasteiger partial charge >= 0.3 is 0 Å². The first-order valence-electron chi connectivity index (χ1n) is 19.6. The number of thiophene rings is 1. The summed E-state index contributed by atoms with van der Waals surface area (Å²) in [5.41, 5.74) is 15.6. The van der Waals surface area contributed by atoms with Crippen LogP contribution in [0, 0.1) is 0 Å². The van der Waals surface area contributed by atoms with Crippen molar-refractivity contribution in [1.29, 1.82) is 0 Å². The molecule has 11 rings (SSSR count). The maximum absolute atomic E-state index is 2.45. The van der Waals surface area contributed by atoms with Crippen LogP contribution in [0.5, 0.6) is 0 Å². The molecule has 268 valence electrons. The van der Waals surface area contributed by atoms with Gasteiger partial charge in [-0.3, -0.25) is 0 Å². The zero-order chi connectivity index (χ0) is 37.8. The average Bonchev–Trinajstić information content (AvgIpc) is 3.83. The summed E-state index contributed by atoms with van der Waals surface area (Å²) < 4.78 is 2.58. The van der Waals surface area contributed by atoms with Gasteiger partial charge in [-0.05, 0) is 86.0 Å². The van der Waals surface area contributed by atoms with E-state index in [1.54, 1.807) is 0 Å². The second-order valence-corrected chi connectivity index (χ2v) is 15.8. The maximum atomic E-state index is 2.45. The summed E-state index contributed by atoms with van der Waals surface area (Å²) in [7, 11) is 0. The summed E-state index contributed by atoms with van der Waals surface area (Å²) in [4.78, 5) is 2.45. The van der Waals surface area contributed by atoms with E-state index >= 15 is 0 Å². The van der Waals surface area contributed by atoms with Crippen molar-refractivity contribution in [2.45, 2.75) is 5.41 Å². The highest BCUT2D eigenvalue weighted by Gasteiger charge is 2.47. The first kappa shape index (κ1) is 33.3. The summed E-state index contributed by atoms with van der Waals surface area (Å²) in [6.45, 7) is 0. The van der Waals surface area contributed by atoms with Crippen LogP contribution in [-0.2, 0) is 5.41 Å². The van der Waals surface area contributed by atoms with Gasteiger partial charge in [0.15, 0.2) is 0 Å². The smallest absolute Gasteiger partial charge is 0.0727 e. The van der Waals surface area contributed by atoms with Crippen molar-refractivity contribution in [2.75, 3.05) is 4.90 Å². The largest absolute Gasteiger partial charge is 0.309 e. The SMILES string of the molecule is c1ccc(-c2ccc(N(c3cccc(-c4ccccc4)c3)c3cccc4c3sc3c(C5(c6ccccc6)c6ccccc6-c6ccccc65)cccc34)cc2)cc1. The fourth-order valence-electron chi connectivity index (χ4n) is 9.27. The first-order valence-corrected chi connectivity index (χ1v) is 20.4. The highest BCUT2D eigenvalue weighted by atomic mass is 32.1. The van der Waals surface area contributed by atoms with Crippen molar-refractivity contribution >= 4 is 48.6 Å². The molecule has 2 heteroatoms. The minimum Gasteiger partial charge on any atom is -0.309 e. The Bertz CT molecular complexity index is 3010. The number of rotatable bonds is 7. The third-order valence-electron chi connectivity index (χ3n) is 11.8. The molecule has 0 saturated heterocycles. The number of hydrogen-bond donors (Lipinski definition) is 0. The molecule has 9 aromatic carbocycles. The normalized spacial score (nSPS) is 12.7. The Hall–Kier alpha value is -7.00. The van der Waals surface area contributed by atoms with Crippen molar-refractivity contribution < 1.29 is 0 Å². The van der Waals surface area contributed by atoms with Gasteiger partial charge in [-0.1, -0.05) is 194 Å². The minimum atomic E-state index is -0.480. The lowest BCUT2D eigenvalue weighted by atomic mass is 9.67. The number of anilines is 3. The topological polar surface area (TPSA) is 3.24 Å². The van der Waals surface area contributed by atoms with E-state index in [1.165, 1.54) is 81.5 Å². The third kappa shape index (κ3) is 5.29. The van der Waals surface area contributed by atoms with Gasteiger partial charge in [0.25, 0.3) is 0 Å². The molecule has 0 amide bonds. The predicted octanol–water partition coefficient (Wildman–Crippen LogP) is 15.2. The molecule has 0 spiro atoms. The Morgan fingerprint density at radius 1 is 0.333 bits per heavy atom. The lowest BCUT2D eigenvalue weighted by molar-refractivity contribution is 0.778. The lowest BCUT2D eigenvalue weighted by Gasteiger charge is -2.34. The van der Waals surface area contributed by atoms with Crippen molar-refractivity contribution in [3.63, 3.8) is 0 Å². The zero-order valence-corrected chi connectivity index (χ0v) is 32.0. The third-order valence-corrected chi connectivity index (χ3v) is 13.0. The Balaban J connectivity index is 1.17. The molecule has 0 atom stereocenters. The van der Waals surface area contributed by atoms with Crippen LogP contribution >= 0.6 is 11.3 Å². The summed E-state index contributed by atoms with van der Waals surface area (Å²) in [6.07, 6.45) is 0. The van der Waals surface area contributed by atoms with Crippen LogP contribution in [0.1, 0.15) is 22.3 Å². The zero-order valence-electron chi connectivity index (χ0n) is 31.2. The van der Waals surface area contributed by atoms with Gasteiger partial charge in [-0.25, -0.2) is 0 Å². The molecule has 57 heavy (non-hydrogen) atoms. The van der Waals surface area contributed by atoms with Gasteiger partial charge in [0.1, 0.15) is 0 Å². The van der Waals surface area contributed by atoms with E-state index in [4.69, 9.17) is 0 Å².